The van der Waals surface area contributed by atoms with Crippen LogP contribution in [0.25, 0.3) is 6.08 Å². The van der Waals surface area contributed by atoms with Gasteiger partial charge >= 0.3 is 5.95 Å². The highest BCUT2D eigenvalue weighted by Crippen LogP contribution is 2.27. The van der Waals surface area contributed by atoms with Gasteiger partial charge in [-0.2, -0.15) is 0 Å². The number of phenolic OH excluding ortho intramolecular Hbond substituents is 1. The summed E-state index contributed by atoms with van der Waals surface area (Å²) in [6, 6.07) is 4.50. The van der Waals surface area contributed by atoms with E-state index in [1.807, 2.05) is 0 Å². The van der Waals surface area contributed by atoms with E-state index in [0.717, 1.165) is 0 Å². The van der Waals surface area contributed by atoms with Crippen molar-refractivity contribution in [3.8, 4) is 11.5 Å². The molecule has 0 aliphatic rings. The molecule has 0 atom stereocenters. The van der Waals surface area contributed by atoms with Crippen LogP contribution in [0.3, 0.4) is 0 Å². The largest absolute Gasteiger partial charge is 0.504 e. The molecule has 0 heterocycles. The molecular weight excluding hydrogens is 214 g/mol. The number of aromatic hydroxyl groups is 1. The van der Waals surface area contributed by atoms with Gasteiger partial charge in [-0.05, 0) is 30.3 Å². The Hall–Kier alpha value is -1.92. The SMILES string of the molecule is CCOc1cc(/C=C(\O)ONO)ccc1O. The van der Waals surface area contributed by atoms with Crippen LogP contribution in [0.5, 0.6) is 11.5 Å². The van der Waals surface area contributed by atoms with Gasteiger partial charge in [0.15, 0.2) is 11.5 Å². The average molecular weight is 227 g/mol. The zero-order chi connectivity index (χ0) is 12.0. The Labute approximate surface area is 92.3 Å². The van der Waals surface area contributed by atoms with Crippen LogP contribution in [0.15, 0.2) is 24.1 Å². The van der Waals surface area contributed by atoms with Gasteiger partial charge in [-0.1, -0.05) is 6.07 Å². The summed E-state index contributed by atoms with van der Waals surface area (Å²) >= 11 is 0. The standard InChI is InChI=1S/C10H13NO5/c1-2-15-9-5-7(3-4-8(9)12)6-10(13)16-11-14/h3-6,11-14H,2H2,1H3/b10-6+. The van der Waals surface area contributed by atoms with E-state index in [4.69, 9.17) is 15.1 Å². The highest BCUT2D eigenvalue weighted by atomic mass is 16.9. The van der Waals surface area contributed by atoms with Gasteiger partial charge in [0, 0.05) is 6.08 Å². The average Bonchev–Trinajstić information content (AvgIpc) is 2.24. The number of ether oxygens (including phenoxy) is 1. The van der Waals surface area contributed by atoms with Gasteiger partial charge < -0.3 is 19.8 Å². The van der Waals surface area contributed by atoms with Crippen molar-refractivity contribution in [2.75, 3.05) is 6.61 Å². The first kappa shape index (κ1) is 12.2. The Morgan fingerprint density at radius 2 is 2.25 bits per heavy atom. The van der Waals surface area contributed by atoms with Crippen LogP contribution in [-0.4, -0.2) is 22.0 Å². The van der Waals surface area contributed by atoms with E-state index < -0.39 is 5.95 Å². The third-order valence-electron chi connectivity index (χ3n) is 1.72. The highest BCUT2D eigenvalue weighted by molar-refractivity contribution is 5.55. The molecule has 0 spiro atoms. The number of hydrogen-bond donors (Lipinski definition) is 4. The maximum atomic E-state index is 9.41. The number of nitrogens with one attached hydrogen (secondary N) is 1. The number of aliphatic hydroxyl groups excluding tert-OH is 1. The second-order valence-corrected chi connectivity index (χ2v) is 2.84. The van der Waals surface area contributed by atoms with Crippen molar-refractivity contribution in [2.24, 2.45) is 0 Å². The molecule has 0 aromatic heterocycles. The minimum atomic E-state index is -0.518. The third-order valence-corrected chi connectivity index (χ3v) is 1.72. The summed E-state index contributed by atoms with van der Waals surface area (Å²) in [5.74, 6) is -0.198. The van der Waals surface area contributed by atoms with Crippen molar-refractivity contribution in [1.29, 1.82) is 0 Å². The summed E-state index contributed by atoms with van der Waals surface area (Å²) in [4.78, 5) is 4.19. The predicted molar refractivity (Wildman–Crippen MR) is 55.9 cm³/mol. The Kier molecular flexibility index (Phi) is 4.43. The molecule has 4 N–H and O–H groups in total. The topological polar surface area (TPSA) is 91.2 Å². The molecule has 16 heavy (non-hydrogen) atoms. The molecule has 1 aromatic carbocycles. The van der Waals surface area contributed by atoms with Gasteiger partial charge in [-0.15, -0.1) is 0 Å². The van der Waals surface area contributed by atoms with Crippen LogP contribution in [0.2, 0.25) is 0 Å². The first-order valence-electron chi connectivity index (χ1n) is 4.59. The molecule has 0 amide bonds. The second kappa shape index (κ2) is 5.84. The maximum absolute atomic E-state index is 9.41. The van der Waals surface area contributed by atoms with E-state index >= 15 is 0 Å². The van der Waals surface area contributed by atoms with E-state index in [1.165, 1.54) is 23.9 Å². The van der Waals surface area contributed by atoms with Gasteiger partial charge in [0.05, 0.1) is 6.61 Å². The smallest absolute Gasteiger partial charge is 0.300 e. The minimum absolute atomic E-state index is 0.0136. The fourth-order valence-electron chi connectivity index (χ4n) is 1.11. The van der Waals surface area contributed by atoms with Gasteiger partial charge in [-0.25, -0.2) is 0 Å². The molecule has 0 fully saturated rings. The maximum Gasteiger partial charge on any atom is 0.300 e. The Morgan fingerprint density at radius 1 is 1.50 bits per heavy atom. The van der Waals surface area contributed by atoms with Gasteiger partial charge in [-0.3, -0.25) is 5.21 Å². The van der Waals surface area contributed by atoms with E-state index in [0.29, 0.717) is 17.9 Å². The lowest BCUT2D eigenvalue weighted by Gasteiger charge is -2.06. The Morgan fingerprint density at radius 3 is 2.88 bits per heavy atom. The lowest BCUT2D eigenvalue weighted by Crippen LogP contribution is -2.07. The van der Waals surface area contributed by atoms with Crippen molar-refractivity contribution in [3.63, 3.8) is 0 Å². The van der Waals surface area contributed by atoms with Crippen molar-refractivity contribution in [1.82, 2.24) is 5.64 Å². The molecule has 0 unspecified atom stereocenters. The zero-order valence-electron chi connectivity index (χ0n) is 8.67. The van der Waals surface area contributed by atoms with Crippen LogP contribution in [-0.2, 0) is 4.84 Å². The number of benzene rings is 1. The lowest BCUT2D eigenvalue weighted by atomic mass is 10.2. The van der Waals surface area contributed by atoms with Crippen LogP contribution in [0.4, 0.5) is 0 Å². The number of hydrogen-bond acceptors (Lipinski definition) is 6. The van der Waals surface area contributed by atoms with Crippen molar-refractivity contribution < 1.29 is 25.0 Å². The summed E-state index contributed by atoms with van der Waals surface area (Å²) < 4.78 is 5.15. The molecule has 6 heteroatoms. The molecule has 88 valence electrons. The molecule has 1 rings (SSSR count). The first-order valence-corrected chi connectivity index (χ1v) is 4.59. The summed E-state index contributed by atoms with van der Waals surface area (Å²) in [7, 11) is 0. The van der Waals surface area contributed by atoms with Crippen LogP contribution in [0, 0.1) is 0 Å². The Balaban J connectivity index is 2.89. The number of phenols is 1. The fraction of sp³-hybridized carbons (Fsp3) is 0.200. The van der Waals surface area contributed by atoms with E-state index in [9.17, 15) is 5.11 Å². The Bertz CT molecular complexity index is 377. The first-order chi connectivity index (χ1) is 7.67. The lowest BCUT2D eigenvalue weighted by molar-refractivity contribution is -0.124. The molecular formula is C10H13NO5. The van der Waals surface area contributed by atoms with Crippen LogP contribution >= 0.6 is 0 Å². The molecule has 0 saturated heterocycles. The third kappa shape index (κ3) is 3.34. The quantitative estimate of drug-likeness (QED) is 0.450. The van der Waals surface area contributed by atoms with E-state index in [-0.39, 0.29) is 5.75 Å². The number of rotatable bonds is 5. The van der Waals surface area contributed by atoms with Crippen molar-refractivity contribution in [2.45, 2.75) is 6.92 Å². The van der Waals surface area contributed by atoms with Crippen molar-refractivity contribution in [3.05, 3.63) is 29.7 Å². The molecule has 0 aliphatic heterocycles. The summed E-state index contributed by atoms with van der Waals surface area (Å²) in [6.45, 7) is 2.21. The van der Waals surface area contributed by atoms with Gasteiger partial charge in [0.25, 0.3) is 0 Å². The number of aliphatic hydroxyl groups is 1. The second-order valence-electron chi connectivity index (χ2n) is 2.84. The van der Waals surface area contributed by atoms with Gasteiger partial charge in [0.2, 0.25) is 0 Å². The zero-order valence-corrected chi connectivity index (χ0v) is 8.67. The van der Waals surface area contributed by atoms with Crippen LogP contribution < -0.4 is 10.4 Å². The molecule has 0 radical (unpaired) electrons. The van der Waals surface area contributed by atoms with Crippen LogP contribution in [0.1, 0.15) is 12.5 Å². The normalized spacial score (nSPS) is 11.2. The van der Waals surface area contributed by atoms with E-state index in [1.54, 1.807) is 13.0 Å². The molecule has 0 saturated carbocycles. The van der Waals surface area contributed by atoms with E-state index in [2.05, 4.69) is 4.84 Å². The van der Waals surface area contributed by atoms with Crippen molar-refractivity contribution >= 4 is 6.08 Å². The predicted octanol–water partition coefficient (Wildman–Crippen LogP) is 1.56. The fourth-order valence-corrected chi connectivity index (χ4v) is 1.11. The monoisotopic (exact) mass is 227 g/mol. The minimum Gasteiger partial charge on any atom is -0.504 e. The highest BCUT2D eigenvalue weighted by Gasteiger charge is 2.03. The molecule has 6 nitrogen and oxygen atoms in total. The summed E-state index contributed by atoms with van der Waals surface area (Å²) in [5.41, 5.74) is 1.89. The molecule has 0 aliphatic carbocycles. The summed E-state index contributed by atoms with van der Waals surface area (Å²) in [5, 5.41) is 26.7. The van der Waals surface area contributed by atoms with Gasteiger partial charge in [0.1, 0.15) is 0 Å². The molecule has 1 aromatic rings. The molecule has 0 bridgehead atoms. The summed E-state index contributed by atoms with van der Waals surface area (Å²) in [6.07, 6.45) is 1.24.